The lowest BCUT2D eigenvalue weighted by Crippen LogP contribution is -2.64. The van der Waals surface area contributed by atoms with E-state index in [1.54, 1.807) is 4.90 Å². The molecule has 0 spiro atoms. The Kier molecular flexibility index (Phi) is 5.58. The number of hydrogen-bond acceptors (Lipinski definition) is 2. The maximum absolute atomic E-state index is 13.8. The van der Waals surface area contributed by atoms with Gasteiger partial charge in [-0.05, 0) is 49.6 Å². The number of fused-ring (bicyclic) bond motifs is 3. The van der Waals surface area contributed by atoms with Crippen molar-refractivity contribution in [2.24, 2.45) is 0 Å². The average Bonchev–Trinajstić information content (AvgIpc) is 3.16. The number of para-hydroxylation sites is 1. The number of nitrogens with one attached hydrogen (secondary N) is 1. The van der Waals surface area contributed by atoms with E-state index in [2.05, 4.69) is 21.2 Å². The lowest BCUT2D eigenvalue weighted by atomic mass is 9.91. The molecular weight excluding hydrogens is 466 g/mol. The van der Waals surface area contributed by atoms with Crippen LogP contribution in [0.15, 0.2) is 59.1 Å². The minimum absolute atomic E-state index is 0.0591. The van der Waals surface area contributed by atoms with Gasteiger partial charge < -0.3 is 14.8 Å². The van der Waals surface area contributed by atoms with Crippen molar-refractivity contribution in [3.63, 3.8) is 0 Å². The minimum atomic E-state index is -0.981. The van der Waals surface area contributed by atoms with E-state index in [9.17, 15) is 9.59 Å². The fourth-order valence-corrected chi connectivity index (χ4v) is 5.61. The number of halogens is 1. The maximum Gasteiger partial charge on any atom is 0.271 e. The Morgan fingerprint density at radius 3 is 2.66 bits per heavy atom. The molecule has 1 fully saturated rings. The molecule has 2 aliphatic rings. The molecule has 0 bridgehead atoms. The van der Waals surface area contributed by atoms with Crippen molar-refractivity contribution in [1.29, 1.82) is 0 Å². The van der Waals surface area contributed by atoms with Crippen molar-refractivity contribution in [3.05, 3.63) is 70.3 Å². The first-order valence-electron chi connectivity index (χ1n) is 11.4. The summed E-state index contributed by atoms with van der Waals surface area (Å²) in [6.45, 7) is 2.74. The highest BCUT2D eigenvalue weighted by Crippen LogP contribution is 2.34. The maximum atomic E-state index is 13.8. The van der Waals surface area contributed by atoms with Gasteiger partial charge >= 0.3 is 0 Å². The first-order valence-corrected chi connectivity index (χ1v) is 12.2. The molecule has 5 rings (SSSR count). The highest BCUT2D eigenvalue weighted by molar-refractivity contribution is 9.10. The lowest BCUT2D eigenvalue weighted by molar-refractivity contribution is -0.134. The molecule has 1 aliphatic heterocycles. The molecule has 1 aromatic heterocycles. The number of rotatable bonds is 4. The summed E-state index contributed by atoms with van der Waals surface area (Å²) in [4.78, 5) is 29.3. The van der Waals surface area contributed by atoms with Gasteiger partial charge in [-0.1, -0.05) is 65.5 Å². The molecule has 1 saturated carbocycles. The van der Waals surface area contributed by atoms with Gasteiger partial charge in [-0.15, -0.1) is 0 Å². The smallest absolute Gasteiger partial charge is 0.271 e. The zero-order chi connectivity index (χ0) is 22.3. The molecule has 2 aromatic carbocycles. The predicted octanol–water partition coefficient (Wildman–Crippen LogP) is 5.27. The third-order valence-electron chi connectivity index (χ3n) is 7.00. The van der Waals surface area contributed by atoms with Gasteiger partial charge in [-0.25, -0.2) is 0 Å². The van der Waals surface area contributed by atoms with Crippen LogP contribution in [0.2, 0.25) is 0 Å². The Morgan fingerprint density at radius 2 is 1.88 bits per heavy atom. The van der Waals surface area contributed by atoms with Crippen LogP contribution in [0.5, 0.6) is 0 Å². The van der Waals surface area contributed by atoms with E-state index in [-0.39, 0.29) is 17.9 Å². The van der Waals surface area contributed by atoms with Crippen molar-refractivity contribution in [2.45, 2.75) is 63.7 Å². The third kappa shape index (κ3) is 3.75. The Morgan fingerprint density at radius 1 is 1.09 bits per heavy atom. The molecule has 0 radical (unpaired) electrons. The van der Waals surface area contributed by atoms with Crippen LogP contribution in [-0.4, -0.2) is 32.9 Å². The third-order valence-corrected chi connectivity index (χ3v) is 7.49. The van der Waals surface area contributed by atoms with Gasteiger partial charge in [-0.2, -0.15) is 0 Å². The highest BCUT2D eigenvalue weighted by Gasteiger charge is 2.48. The lowest BCUT2D eigenvalue weighted by Gasteiger charge is -2.45. The molecule has 0 saturated heterocycles. The van der Waals surface area contributed by atoms with E-state index >= 15 is 0 Å². The number of hydrogen-bond donors (Lipinski definition) is 1. The standard InChI is InChI=1S/C26H28BrN3O2/c1-26(25(32)28-21-11-3-2-4-12-21)17-29-22-13-6-5-9-19(22)15-23(29)24(31)30(26)16-18-8-7-10-20(27)14-18/h5-10,13-15,21H,2-4,11-12,16-17H2,1H3,(H,28,32)/t26-/m1/s1. The van der Waals surface area contributed by atoms with Crippen LogP contribution in [0.1, 0.15) is 55.1 Å². The molecule has 3 aromatic rings. The van der Waals surface area contributed by atoms with Gasteiger partial charge in [0.15, 0.2) is 0 Å². The second-order valence-electron chi connectivity index (χ2n) is 9.28. The van der Waals surface area contributed by atoms with Crippen LogP contribution in [0.25, 0.3) is 10.9 Å². The van der Waals surface area contributed by atoms with E-state index in [0.717, 1.165) is 46.6 Å². The van der Waals surface area contributed by atoms with Crippen molar-refractivity contribution >= 4 is 38.6 Å². The SMILES string of the molecule is C[C@]1(C(=O)NC2CCCCC2)Cn2c(cc3ccccc32)C(=O)N1Cc1cccc(Br)c1. The zero-order valence-corrected chi connectivity index (χ0v) is 19.9. The molecule has 2 heterocycles. The number of carbonyl (C=O) groups is 2. The fraction of sp³-hybridized carbons (Fsp3) is 0.385. The van der Waals surface area contributed by atoms with Gasteiger partial charge in [0.25, 0.3) is 5.91 Å². The minimum Gasteiger partial charge on any atom is -0.351 e. The summed E-state index contributed by atoms with van der Waals surface area (Å²) in [6, 6.07) is 18.1. The summed E-state index contributed by atoms with van der Waals surface area (Å²) >= 11 is 3.53. The summed E-state index contributed by atoms with van der Waals surface area (Å²) in [5, 5.41) is 4.32. The molecule has 1 aliphatic carbocycles. The highest BCUT2D eigenvalue weighted by atomic mass is 79.9. The Bertz CT molecular complexity index is 1180. The molecule has 32 heavy (non-hydrogen) atoms. The quantitative estimate of drug-likeness (QED) is 0.538. The molecule has 0 unspecified atom stereocenters. The topological polar surface area (TPSA) is 54.3 Å². The summed E-state index contributed by atoms with van der Waals surface area (Å²) < 4.78 is 2.98. The number of aromatic nitrogens is 1. The number of amides is 2. The molecule has 1 N–H and O–H groups in total. The first kappa shape index (κ1) is 21.3. The van der Waals surface area contributed by atoms with Crippen molar-refractivity contribution < 1.29 is 9.59 Å². The van der Waals surface area contributed by atoms with Crippen molar-refractivity contribution in [2.75, 3.05) is 0 Å². The number of carbonyl (C=O) groups excluding carboxylic acids is 2. The van der Waals surface area contributed by atoms with E-state index < -0.39 is 5.54 Å². The summed E-state index contributed by atoms with van der Waals surface area (Å²) in [5.41, 5.74) is 1.65. The van der Waals surface area contributed by atoms with E-state index in [1.807, 2.05) is 66.1 Å². The molecule has 1 atom stereocenters. The van der Waals surface area contributed by atoms with Gasteiger partial charge in [0.1, 0.15) is 11.2 Å². The van der Waals surface area contributed by atoms with Gasteiger partial charge in [0.05, 0.1) is 6.54 Å². The van der Waals surface area contributed by atoms with Crippen LogP contribution in [0.3, 0.4) is 0 Å². The molecule has 166 valence electrons. The Hall–Kier alpha value is -2.60. The largest absolute Gasteiger partial charge is 0.351 e. The second kappa shape index (κ2) is 8.39. The molecule has 2 amide bonds. The van der Waals surface area contributed by atoms with E-state index in [4.69, 9.17) is 0 Å². The van der Waals surface area contributed by atoms with Crippen LogP contribution in [0, 0.1) is 0 Å². The van der Waals surface area contributed by atoms with Crippen LogP contribution < -0.4 is 5.32 Å². The predicted molar refractivity (Wildman–Crippen MR) is 129 cm³/mol. The van der Waals surface area contributed by atoms with Crippen LogP contribution >= 0.6 is 15.9 Å². The van der Waals surface area contributed by atoms with Gasteiger partial charge in [0.2, 0.25) is 5.91 Å². The van der Waals surface area contributed by atoms with Crippen molar-refractivity contribution in [3.8, 4) is 0 Å². The average molecular weight is 494 g/mol. The fourth-order valence-electron chi connectivity index (χ4n) is 5.16. The molecular formula is C26H28BrN3O2. The van der Waals surface area contributed by atoms with Gasteiger partial charge in [-0.3, -0.25) is 9.59 Å². The number of benzene rings is 2. The second-order valence-corrected chi connectivity index (χ2v) is 10.2. The van der Waals surface area contributed by atoms with E-state index in [0.29, 0.717) is 18.8 Å². The summed E-state index contributed by atoms with van der Waals surface area (Å²) in [5.74, 6) is -0.162. The Balaban J connectivity index is 1.55. The summed E-state index contributed by atoms with van der Waals surface area (Å²) in [7, 11) is 0. The van der Waals surface area contributed by atoms with Crippen LogP contribution in [0.4, 0.5) is 0 Å². The monoisotopic (exact) mass is 493 g/mol. The molecule has 6 heteroatoms. The molecule has 5 nitrogen and oxygen atoms in total. The van der Waals surface area contributed by atoms with Gasteiger partial charge in [0, 0.05) is 28.0 Å². The Labute approximate surface area is 196 Å². The van der Waals surface area contributed by atoms with Crippen molar-refractivity contribution in [1.82, 2.24) is 14.8 Å². The zero-order valence-electron chi connectivity index (χ0n) is 18.3. The normalized spacial score (nSPS) is 21.6. The van der Waals surface area contributed by atoms with Crippen LogP contribution in [-0.2, 0) is 17.9 Å². The summed E-state index contributed by atoms with van der Waals surface area (Å²) in [6.07, 6.45) is 5.55. The van der Waals surface area contributed by atoms with E-state index in [1.165, 1.54) is 6.42 Å². The number of nitrogens with zero attached hydrogens (tertiary/aromatic N) is 2. The first-order chi connectivity index (χ1) is 15.5.